The SMILES string of the molecule is O=C(NCc1ccccc1OC(F)(F)F)c1c[nH]c(-c2[nH]nc3ncccc23)c1. The maximum atomic E-state index is 12.5. The van der Waals surface area contributed by atoms with Crippen molar-refractivity contribution in [3.05, 3.63) is 66.0 Å². The zero-order valence-electron chi connectivity index (χ0n) is 14.7. The third-order valence-corrected chi connectivity index (χ3v) is 4.18. The number of rotatable bonds is 5. The van der Waals surface area contributed by atoms with E-state index in [1.54, 1.807) is 24.4 Å². The molecule has 0 aliphatic rings. The second kappa shape index (κ2) is 7.30. The van der Waals surface area contributed by atoms with Gasteiger partial charge in [-0.1, -0.05) is 18.2 Å². The Hall–Kier alpha value is -3.82. The molecule has 0 saturated carbocycles. The minimum atomic E-state index is -4.81. The van der Waals surface area contributed by atoms with Crippen molar-refractivity contribution in [2.24, 2.45) is 0 Å². The highest BCUT2D eigenvalue weighted by molar-refractivity contribution is 5.97. The number of aromatic nitrogens is 4. The van der Waals surface area contributed by atoms with Gasteiger partial charge in [-0.3, -0.25) is 9.89 Å². The van der Waals surface area contributed by atoms with Crippen LogP contribution in [0.15, 0.2) is 54.9 Å². The normalized spacial score (nSPS) is 11.6. The smallest absolute Gasteiger partial charge is 0.405 e. The lowest BCUT2D eigenvalue weighted by Gasteiger charge is -2.13. The van der Waals surface area contributed by atoms with Crippen molar-refractivity contribution in [3.63, 3.8) is 0 Å². The van der Waals surface area contributed by atoms with Gasteiger partial charge in [0.1, 0.15) is 5.75 Å². The van der Waals surface area contributed by atoms with Gasteiger partial charge < -0.3 is 15.0 Å². The summed E-state index contributed by atoms with van der Waals surface area (Å²) in [6, 6.07) is 10.9. The number of alkyl halides is 3. The Bertz CT molecular complexity index is 1170. The fourth-order valence-corrected chi connectivity index (χ4v) is 2.88. The molecule has 3 N–H and O–H groups in total. The number of aromatic amines is 2. The first-order valence-corrected chi connectivity index (χ1v) is 8.50. The number of nitrogens with zero attached hydrogens (tertiary/aromatic N) is 2. The van der Waals surface area contributed by atoms with Crippen LogP contribution in [0, 0.1) is 0 Å². The fourth-order valence-electron chi connectivity index (χ4n) is 2.88. The number of amides is 1. The number of carbonyl (C=O) groups excluding carboxylic acids is 1. The van der Waals surface area contributed by atoms with Crippen LogP contribution in [0.2, 0.25) is 0 Å². The van der Waals surface area contributed by atoms with Gasteiger partial charge in [-0.2, -0.15) is 5.10 Å². The summed E-state index contributed by atoms with van der Waals surface area (Å²) in [5.74, 6) is -0.803. The quantitative estimate of drug-likeness (QED) is 0.474. The maximum Gasteiger partial charge on any atom is 0.573 e. The van der Waals surface area contributed by atoms with Gasteiger partial charge in [-0.15, -0.1) is 13.2 Å². The van der Waals surface area contributed by atoms with Crippen molar-refractivity contribution in [2.45, 2.75) is 12.9 Å². The van der Waals surface area contributed by atoms with E-state index in [0.29, 0.717) is 22.6 Å². The van der Waals surface area contributed by atoms with Gasteiger partial charge in [-0.05, 0) is 24.3 Å². The number of carbonyl (C=O) groups is 1. The van der Waals surface area contributed by atoms with Crippen LogP contribution in [0.1, 0.15) is 15.9 Å². The van der Waals surface area contributed by atoms with Gasteiger partial charge in [0.15, 0.2) is 5.65 Å². The minimum Gasteiger partial charge on any atom is -0.405 e. The van der Waals surface area contributed by atoms with E-state index in [9.17, 15) is 18.0 Å². The molecule has 10 heteroatoms. The summed E-state index contributed by atoms with van der Waals surface area (Å²) in [6.07, 6.45) is -1.68. The van der Waals surface area contributed by atoms with Crippen molar-refractivity contribution < 1.29 is 22.7 Å². The monoisotopic (exact) mass is 401 g/mol. The first-order chi connectivity index (χ1) is 13.9. The number of benzene rings is 1. The van der Waals surface area contributed by atoms with Gasteiger partial charge in [0.25, 0.3) is 5.91 Å². The summed E-state index contributed by atoms with van der Waals surface area (Å²) in [4.78, 5) is 19.6. The topological polar surface area (TPSA) is 95.7 Å². The van der Waals surface area contributed by atoms with Crippen LogP contribution in [-0.4, -0.2) is 32.4 Å². The molecule has 4 aromatic rings. The van der Waals surface area contributed by atoms with E-state index in [2.05, 4.69) is 30.2 Å². The van der Waals surface area contributed by atoms with E-state index in [1.165, 1.54) is 24.4 Å². The molecule has 29 heavy (non-hydrogen) atoms. The molecule has 0 bridgehead atoms. The van der Waals surface area contributed by atoms with E-state index in [-0.39, 0.29) is 17.9 Å². The van der Waals surface area contributed by atoms with E-state index >= 15 is 0 Å². The lowest BCUT2D eigenvalue weighted by Crippen LogP contribution is -2.24. The molecule has 3 heterocycles. The lowest BCUT2D eigenvalue weighted by molar-refractivity contribution is -0.274. The zero-order valence-corrected chi connectivity index (χ0v) is 14.7. The molecule has 3 aromatic heterocycles. The number of halogens is 3. The third-order valence-electron chi connectivity index (χ3n) is 4.18. The fraction of sp³-hybridized carbons (Fsp3) is 0.105. The first-order valence-electron chi connectivity index (χ1n) is 8.50. The summed E-state index contributed by atoms with van der Waals surface area (Å²) in [6.45, 7) is -0.123. The number of pyridine rings is 1. The van der Waals surface area contributed by atoms with Gasteiger partial charge in [0.2, 0.25) is 0 Å². The average molecular weight is 401 g/mol. The highest BCUT2D eigenvalue weighted by Crippen LogP contribution is 2.27. The Morgan fingerprint density at radius 1 is 1.17 bits per heavy atom. The number of hydrogen-bond donors (Lipinski definition) is 3. The molecule has 0 aliphatic carbocycles. The Morgan fingerprint density at radius 2 is 2.00 bits per heavy atom. The standard InChI is InChI=1S/C19H14F3N5O2/c20-19(21,22)29-15-6-2-1-4-11(15)9-25-18(28)12-8-14(24-10-12)16-13-5-3-7-23-17(13)27-26-16/h1-8,10,24H,9H2,(H,25,28)(H,23,26,27). The molecule has 0 aliphatic heterocycles. The molecule has 7 nitrogen and oxygen atoms in total. The Balaban J connectivity index is 1.48. The van der Waals surface area contributed by atoms with Crippen LogP contribution in [-0.2, 0) is 6.54 Å². The zero-order chi connectivity index (χ0) is 20.4. The second-order valence-electron chi connectivity index (χ2n) is 6.11. The Labute approximate surface area is 161 Å². The number of fused-ring (bicyclic) bond motifs is 1. The van der Waals surface area contributed by atoms with Crippen molar-refractivity contribution in [2.75, 3.05) is 0 Å². The average Bonchev–Trinajstić information content (AvgIpc) is 3.33. The summed E-state index contributed by atoms with van der Waals surface area (Å²) in [5, 5.41) is 10.4. The minimum absolute atomic E-state index is 0.123. The van der Waals surface area contributed by atoms with Crippen LogP contribution < -0.4 is 10.1 Å². The summed E-state index contributed by atoms with van der Waals surface area (Å²) < 4.78 is 41.5. The first kappa shape index (κ1) is 18.5. The van der Waals surface area contributed by atoms with Crippen LogP contribution >= 0.6 is 0 Å². The van der Waals surface area contributed by atoms with Crippen LogP contribution in [0.25, 0.3) is 22.4 Å². The van der Waals surface area contributed by atoms with Crippen molar-refractivity contribution in [3.8, 4) is 17.1 Å². The van der Waals surface area contributed by atoms with Crippen LogP contribution in [0.3, 0.4) is 0 Å². The molecule has 148 valence electrons. The van der Waals surface area contributed by atoms with Gasteiger partial charge in [-0.25, -0.2) is 4.98 Å². The van der Waals surface area contributed by atoms with E-state index in [1.807, 2.05) is 6.07 Å². The molecule has 1 amide bonds. The lowest BCUT2D eigenvalue weighted by atomic mass is 10.2. The molecule has 1 aromatic carbocycles. The highest BCUT2D eigenvalue weighted by Gasteiger charge is 2.32. The molecule has 0 saturated heterocycles. The van der Waals surface area contributed by atoms with Gasteiger partial charge >= 0.3 is 6.36 Å². The summed E-state index contributed by atoms with van der Waals surface area (Å²) >= 11 is 0. The van der Waals surface area contributed by atoms with E-state index in [0.717, 1.165) is 5.39 Å². The van der Waals surface area contributed by atoms with Crippen LogP contribution in [0.4, 0.5) is 13.2 Å². The maximum absolute atomic E-state index is 12.5. The molecule has 0 spiro atoms. The number of ether oxygens (including phenoxy) is 1. The Kier molecular flexibility index (Phi) is 4.67. The largest absolute Gasteiger partial charge is 0.573 e. The molecule has 0 radical (unpaired) electrons. The summed E-state index contributed by atoms with van der Waals surface area (Å²) in [7, 11) is 0. The van der Waals surface area contributed by atoms with Crippen LogP contribution in [0.5, 0.6) is 5.75 Å². The molecular formula is C19H14F3N5O2. The molecule has 0 atom stereocenters. The number of hydrogen-bond acceptors (Lipinski definition) is 4. The molecule has 4 rings (SSSR count). The van der Waals surface area contributed by atoms with E-state index in [4.69, 9.17) is 0 Å². The predicted octanol–water partition coefficient (Wildman–Crippen LogP) is 3.78. The van der Waals surface area contributed by atoms with Gasteiger partial charge in [0, 0.05) is 29.9 Å². The number of para-hydroxylation sites is 1. The number of nitrogens with one attached hydrogen (secondary N) is 3. The Morgan fingerprint density at radius 3 is 2.83 bits per heavy atom. The van der Waals surface area contributed by atoms with Crippen molar-refractivity contribution in [1.82, 2.24) is 25.5 Å². The second-order valence-corrected chi connectivity index (χ2v) is 6.11. The van der Waals surface area contributed by atoms with Crippen molar-refractivity contribution >= 4 is 16.9 Å². The molecule has 0 fully saturated rings. The molecular weight excluding hydrogens is 387 g/mol. The summed E-state index contributed by atoms with van der Waals surface area (Å²) in [5.41, 5.74) is 2.38. The number of H-pyrrole nitrogens is 2. The predicted molar refractivity (Wildman–Crippen MR) is 98.0 cm³/mol. The third kappa shape index (κ3) is 4.05. The van der Waals surface area contributed by atoms with Gasteiger partial charge in [0.05, 0.1) is 17.0 Å². The molecule has 0 unspecified atom stereocenters. The highest BCUT2D eigenvalue weighted by atomic mass is 19.4. The van der Waals surface area contributed by atoms with Crippen molar-refractivity contribution in [1.29, 1.82) is 0 Å². The van der Waals surface area contributed by atoms with E-state index < -0.39 is 12.3 Å².